The highest BCUT2D eigenvalue weighted by Gasteiger charge is 2.20. The van der Waals surface area contributed by atoms with Crippen LogP contribution in [0.3, 0.4) is 0 Å². The van der Waals surface area contributed by atoms with Crippen LogP contribution in [0.5, 0.6) is 5.75 Å². The number of aromatic hydroxyl groups is 1. The molecule has 0 aliphatic heterocycles. The maximum absolute atomic E-state index is 12.8. The minimum absolute atomic E-state index is 0.0804. The van der Waals surface area contributed by atoms with E-state index in [9.17, 15) is 14.3 Å². The number of hydrogen-bond acceptors (Lipinski definition) is 3. The molecule has 0 aromatic heterocycles. The Balaban J connectivity index is 2.88. The third kappa shape index (κ3) is 3.17. The number of rotatable bonds is 4. The Morgan fingerprint density at radius 3 is 2.76 bits per heavy atom. The van der Waals surface area contributed by atoms with E-state index in [0.717, 1.165) is 12.1 Å². The van der Waals surface area contributed by atoms with E-state index in [4.69, 9.17) is 4.74 Å². The third-order valence-electron chi connectivity index (χ3n) is 2.58. The highest BCUT2D eigenvalue weighted by molar-refractivity contribution is 5.96. The third-order valence-corrected chi connectivity index (χ3v) is 2.58. The van der Waals surface area contributed by atoms with E-state index in [1.807, 2.05) is 6.92 Å². The number of carbonyl (C=O) groups is 1. The lowest BCUT2D eigenvalue weighted by Gasteiger charge is -2.24. The molecular weight excluding hydrogens is 225 g/mol. The summed E-state index contributed by atoms with van der Waals surface area (Å²) in [5.41, 5.74) is 0.0804. The first-order valence-electron chi connectivity index (χ1n) is 5.22. The lowest BCUT2D eigenvalue weighted by Crippen LogP contribution is -2.37. The molecule has 0 aliphatic rings. The monoisotopic (exact) mass is 241 g/mol. The molecule has 1 N–H and O–H groups in total. The Hall–Kier alpha value is -1.62. The van der Waals surface area contributed by atoms with Crippen LogP contribution < -0.4 is 0 Å². The highest BCUT2D eigenvalue weighted by Crippen LogP contribution is 2.20. The number of phenolic OH excluding ortho intramolecular Hbond substituents is 1. The van der Waals surface area contributed by atoms with Crippen molar-refractivity contribution in [3.63, 3.8) is 0 Å². The normalized spacial score (nSPS) is 12.2. The van der Waals surface area contributed by atoms with Gasteiger partial charge >= 0.3 is 0 Å². The van der Waals surface area contributed by atoms with Crippen molar-refractivity contribution in [1.82, 2.24) is 4.90 Å². The fourth-order valence-corrected chi connectivity index (χ4v) is 1.43. The van der Waals surface area contributed by atoms with Crippen LogP contribution in [-0.2, 0) is 4.74 Å². The number of carbonyl (C=O) groups excluding carboxylic acids is 1. The summed E-state index contributed by atoms with van der Waals surface area (Å²) < 4.78 is 17.7. The van der Waals surface area contributed by atoms with Crippen LogP contribution in [0, 0.1) is 5.82 Å². The number of phenols is 1. The molecule has 1 aromatic carbocycles. The summed E-state index contributed by atoms with van der Waals surface area (Å²) in [6.07, 6.45) is 0. The smallest absolute Gasteiger partial charge is 0.257 e. The Labute approximate surface area is 99.6 Å². The summed E-state index contributed by atoms with van der Waals surface area (Å²) in [5.74, 6) is -1.30. The molecule has 0 fully saturated rings. The zero-order chi connectivity index (χ0) is 13.0. The maximum atomic E-state index is 12.8. The average molecular weight is 241 g/mol. The van der Waals surface area contributed by atoms with Gasteiger partial charge in [-0.25, -0.2) is 4.39 Å². The first-order chi connectivity index (χ1) is 7.97. The van der Waals surface area contributed by atoms with Crippen molar-refractivity contribution < 1.29 is 19.0 Å². The fraction of sp³-hybridized carbons (Fsp3) is 0.417. The molecule has 5 heteroatoms. The van der Waals surface area contributed by atoms with Gasteiger partial charge in [0, 0.05) is 20.2 Å². The van der Waals surface area contributed by atoms with Gasteiger partial charge in [0.2, 0.25) is 0 Å². The fourth-order valence-electron chi connectivity index (χ4n) is 1.43. The van der Waals surface area contributed by atoms with Crippen LogP contribution in [0.4, 0.5) is 4.39 Å². The molecule has 17 heavy (non-hydrogen) atoms. The number of hydrogen-bond donors (Lipinski definition) is 1. The van der Waals surface area contributed by atoms with Gasteiger partial charge < -0.3 is 14.7 Å². The van der Waals surface area contributed by atoms with Gasteiger partial charge in [0.15, 0.2) is 0 Å². The molecule has 94 valence electrons. The topological polar surface area (TPSA) is 49.8 Å². The summed E-state index contributed by atoms with van der Waals surface area (Å²) >= 11 is 0. The molecule has 1 aromatic rings. The van der Waals surface area contributed by atoms with Crippen LogP contribution >= 0.6 is 0 Å². The second-order valence-electron chi connectivity index (χ2n) is 3.88. The van der Waals surface area contributed by atoms with Gasteiger partial charge in [-0.15, -0.1) is 0 Å². The van der Waals surface area contributed by atoms with E-state index in [1.54, 1.807) is 14.2 Å². The summed E-state index contributed by atoms with van der Waals surface area (Å²) in [6, 6.07) is 3.20. The molecule has 4 nitrogen and oxygen atoms in total. The van der Waals surface area contributed by atoms with Gasteiger partial charge in [-0.1, -0.05) is 0 Å². The molecule has 0 radical (unpaired) electrons. The van der Waals surface area contributed by atoms with Crippen LogP contribution in [0.2, 0.25) is 0 Å². The second-order valence-corrected chi connectivity index (χ2v) is 3.88. The first kappa shape index (κ1) is 13.4. The SMILES string of the molecule is COCC(C)N(C)C(=O)c1ccc(F)cc1O. The Morgan fingerprint density at radius 1 is 1.59 bits per heavy atom. The van der Waals surface area contributed by atoms with Gasteiger partial charge in [0.25, 0.3) is 5.91 Å². The van der Waals surface area contributed by atoms with Crippen molar-refractivity contribution in [2.45, 2.75) is 13.0 Å². The molecule has 0 heterocycles. The molecule has 0 aliphatic carbocycles. The minimum Gasteiger partial charge on any atom is -0.507 e. The molecule has 1 rings (SSSR count). The van der Waals surface area contributed by atoms with E-state index in [2.05, 4.69) is 0 Å². The lowest BCUT2D eigenvalue weighted by molar-refractivity contribution is 0.0630. The van der Waals surface area contributed by atoms with Crippen LogP contribution in [0.1, 0.15) is 17.3 Å². The molecule has 1 unspecified atom stereocenters. The van der Waals surface area contributed by atoms with E-state index < -0.39 is 5.82 Å². The molecule has 1 atom stereocenters. The first-order valence-corrected chi connectivity index (χ1v) is 5.22. The summed E-state index contributed by atoms with van der Waals surface area (Å²) in [5, 5.41) is 9.50. The van der Waals surface area contributed by atoms with Gasteiger partial charge in [-0.3, -0.25) is 4.79 Å². The van der Waals surface area contributed by atoms with Crippen molar-refractivity contribution in [2.24, 2.45) is 0 Å². The Kier molecular flexibility index (Phi) is 4.45. The van der Waals surface area contributed by atoms with Gasteiger partial charge in [-0.05, 0) is 19.1 Å². The van der Waals surface area contributed by atoms with Gasteiger partial charge in [-0.2, -0.15) is 0 Å². The summed E-state index contributed by atoms with van der Waals surface area (Å²) in [6.45, 7) is 2.21. The second kappa shape index (κ2) is 5.63. The van der Waals surface area contributed by atoms with Crippen molar-refractivity contribution >= 4 is 5.91 Å². The van der Waals surface area contributed by atoms with Crippen molar-refractivity contribution in [1.29, 1.82) is 0 Å². The number of amides is 1. The predicted molar refractivity (Wildman–Crippen MR) is 61.5 cm³/mol. The number of likely N-dealkylation sites (N-methyl/N-ethyl adjacent to an activating group) is 1. The molecule has 0 saturated heterocycles. The number of benzene rings is 1. The van der Waals surface area contributed by atoms with Crippen molar-refractivity contribution in [3.8, 4) is 5.75 Å². The number of nitrogens with zero attached hydrogens (tertiary/aromatic N) is 1. The zero-order valence-corrected chi connectivity index (χ0v) is 10.1. The van der Waals surface area contributed by atoms with E-state index in [0.29, 0.717) is 6.61 Å². The van der Waals surface area contributed by atoms with Crippen molar-refractivity contribution in [3.05, 3.63) is 29.6 Å². The summed E-state index contributed by atoms with van der Waals surface area (Å²) in [4.78, 5) is 13.4. The van der Waals surface area contributed by atoms with Crippen LogP contribution in [0.25, 0.3) is 0 Å². The van der Waals surface area contributed by atoms with E-state index in [1.165, 1.54) is 11.0 Å². The standard InChI is InChI=1S/C12H16FNO3/c1-8(7-17-3)14(2)12(16)10-5-4-9(13)6-11(10)15/h4-6,8,15H,7H2,1-3H3. The van der Waals surface area contributed by atoms with Crippen molar-refractivity contribution in [2.75, 3.05) is 20.8 Å². The zero-order valence-electron chi connectivity index (χ0n) is 10.1. The molecule has 1 amide bonds. The molecule has 0 saturated carbocycles. The minimum atomic E-state index is -0.577. The number of halogens is 1. The van der Waals surface area contributed by atoms with E-state index >= 15 is 0 Å². The predicted octanol–water partition coefficient (Wildman–Crippen LogP) is 1.64. The average Bonchev–Trinajstić information content (AvgIpc) is 2.27. The lowest BCUT2D eigenvalue weighted by atomic mass is 10.1. The Bertz CT molecular complexity index is 409. The molecular formula is C12H16FNO3. The largest absolute Gasteiger partial charge is 0.507 e. The number of methoxy groups -OCH3 is 1. The van der Waals surface area contributed by atoms with Crippen LogP contribution in [-0.4, -0.2) is 42.7 Å². The van der Waals surface area contributed by atoms with Gasteiger partial charge in [0.05, 0.1) is 18.2 Å². The van der Waals surface area contributed by atoms with E-state index in [-0.39, 0.29) is 23.3 Å². The van der Waals surface area contributed by atoms with Crippen LogP contribution in [0.15, 0.2) is 18.2 Å². The molecule has 0 bridgehead atoms. The summed E-state index contributed by atoms with van der Waals surface area (Å²) in [7, 11) is 3.15. The highest BCUT2D eigenvalue weighted by atomic mass is 19.1. The Morgan fingerprint density at radius 2 is 2.24 bits per heavy atom. The quantitative estimate of drug-likeness (QED) is 0.871. The maximum Gasteiger partial charge on any atom is 0.257 e. The number of ether oxygens (including phenoxy) is 1. The van der Waals surface area contributed by atoms with Gasteiger partial charge in [0.1, 0.15) is 11.6 Å². The molecule has 0 spiro atoms.